The van der Waals surface area contributed by atoms with Gasteiger partial charge in [-0.15, -0.1) is 0 Å². The van der Waals surface area contributed by atoms with Crippen LogP contribution >= 0.6 is 11.6 Å². The van der Waals surface area contributed by atoms with E-state index < -0.39 is 24.0 Å². The Labute approximate surface area is 118 Å². The lowest BCUT2D eigenvalue weighted by molar-refractivity contribution is 0.305. The molecule has 2 aromatic rings. The predicted molar refractivity (Wildman–Crippen MR) is 70.9 cm³/mol. The molecule has 7 heteroatoms. The van der Waals surface area contributed by atoms with Crippen molar-refractivity contribution in [3.8, 4) is 5.75 Å². The van der Waals surface area contributed by atoms with Crippen molar-refractivity contribution in [1.82, 2.24) is 0 Å². The maximum atomic E-state index is 13.1. The molecule has 0 radical (unpaired) electrons. The standard InChI is InChI=1S/C13H9BClF4O/c15-10-3-1-2-9(6-10)8-20-13-7-11(16)4-5-12(13)14(17,18)19/h1-7H,8H2/q-1. The van der Waals surface area contributed by atoms with E-state index in [1.54, 1.807) is 24.3 Å². The van der Waals surface area contributed by atoms with Gasteiger partial charge in [-0.25, -0.2) is 4.39 Å². The van der Waals surface area contributed by atoms with Gasteiger partial charge in [-0.2, -0.15) is 0 Å². The van der Waals surface area contributed by atoms with E-state index >= 15 is 0 Å². The summed E-state index contributed by atoms with van der Waals surface area (Å²) < 4.78 is 56.6. The van der Waals surface area contributed by atoms with Crippen molar-refractivity contribution in [3.05, 3.63) is 58.9 Å². The van der Waals surface area contributed by atoms with Gasteiger partial charge in [0.05, 0.1) is 5.75 Å². The molecular weight excluding hydrogens is 294 g/mol. The summed E-state index contributed by atoms with van der Waals surface area (Å²) in [5, 5.41) is 0.450. The third-order valence-corrected chi connectivity index (χ3v) is 2.85. The van der Waals surface area contributed by atoms with Gasteiger partial charge in [-0.3, -0.25) is 0 Å². The number of rotatable bonds is 4. The minimum atomic E-state index is -5.26. The van der Waals surface area contributed by atoms with Crippen molar-refractivity contribution in [3.63, 3.8) is 0 Å². The highest BCUT2D eigenvalue weighted by atomic mass is 35.5. The third kappa shape index (κ3) is 3.66. The number of hydrogen-bond acceptors (Lipinski definition) is 1. The van der Waals surface area contributed by atoms with Gasteiger partial charge in [-0.1, -0.05) is 35.3 Å². The molecule has 2 aromatic carbocycles. The summed E-state index contributed by atoms with van der Waals surface area (Å²) in [6, 6.07) is 8.69. The van der Waals surface area contributed by atoms with Crippen molar-refractivity contribution in [2.45, 2.75) is 6.61 Å². The summed E-state index contributed by atoms with van der Waals surface area (Å²) in [4.78, 5) is 0. The Kier molecular flexibility index (Phi) is 4.23. The zero-order valence-electron chi connectivity index (χ0n) is 10.1. The van der Waals surface area contributed by atoms with E-state index in [9.17, 15) is 17.3 Å². The highest BCUT2D eigenvalue weighted by Crippen LogP contribution is 2.20. The van der Waals surface area contributed by atoms with E-state index in [1.807, 2.05) is 0 Å². The van der Waals surface area contributed by atoms with Crippen LogP contribution in [0.25, 0.3) is 0 Å². The summed E-state index contributed by atoms with van der Waals surface area (Å²) in [7, 11) is 0. The third-order valence-electron chi connectivity index (χ3n) is 2.61. The Hall–Kier alpha value is -1.69. The largest absolute Gasteiger partial charge is 0.513 e. The summed E-state index contributed by atoms with van der Waals surface area (Å²) in [6.45, 7) is -5.38. The van der Waals surface area contributed by atoms with Crippen molar-refractivity contribution in [1.29, 1.82) is 0 Å². The zero-order chi connectivity index (χ0) is 14.8. The second-order valence-corrected chi connectivity index (χ2v) is 4.61. The highest BCUT2D eigenvalue weighted by molar-refractivity contribution is 6.74. The van der Waals surface area contributed by atoms with Crippen LogP contribution in [-0.4, -0.2) is 6.98 Å². The summed E-state index contributed by atoms with van der Waals surface area (Å²) >= 11 is 5.76. The first-order valence-electron chi connectivity index (χ1n) is 5.73. The van der Waals surface area contributed by atoms with Crippen LogP contribution in [0, 0.1) is 5.82 Å². The quantitative estimate of drug-likeness (QED) is 0.610. The Morgan fingerprint density at radius 3 is 2.45 bits per heavy atom. The molecule has 1 nitrogen and oxygen atoms in total. The molecule has 0 unspecified atom stereocenters. The molecule has 0 heterocycles. The van der Waals surface area contributed by atoms with Gasteiger partial charge in [-0.05, 0) is 23.8 Å². The molecule has 20 heavy (non-hydrogen) atoms. The predicted octanol–water partition coefficient (Wildman–Crippen LogP) is 4.11. The molecular formula is C13H9BClF4O-. The van der Waals surface area contributed by atoms with Gasteiger partial charge in [0.2, 0.25) is 0 Å². The van der Waals surface area contributed by atoms with Crippen molar-refractivity contribution in [2.24, 2.45) is 0 Å². The first-order valence-corrected chi connectivity index (χ1v) is 6.11. The smallest absolute Gasteiger partial charge is 0.492 e. The summed E-state index contributed by atoms with van der Waals surface area (Å²) in [5.74, 6) is -1.30. The first kappa shape index (κ1) is 14.7. The summed E-state index contributed by atoms with van der Waals surface area (Å²) in [6.07, 6.45) is 0. The number of ether oxygens (including phenoxy) is 1. The Balaban J connectivity index is 2.22. The van der Waals surface area contributed by atoms with Crippen molar-refractivity contribution < 1.29 is 22.1 Å². The Bertz CT molecular complexity index is 616. The minimum Gasteiger partial charge on any atom is -0.492 e. The van der Waals surface area contributed by atoms with Crippen LogP contribution in [-0.2, 0) is 6.61 Å². The SMILES string of the molecule is Fc1ccc([B-](F)(F)F)c(OCc2cccc(Cl)c2)c1. The van der Waals surface area contributed by atoms with E-state index in [4.69, 9.17) is 16.3 Å². The molecule has 0 aliphatic heterocycles. The monoisotopic (exact) mass is 303 g/mol. The maximum Gasteiger partial charge on any atom is 0.513 e. The lowest BCUT2D eigenvalue weighted by Crippen LogP contribution is -2.35. The average Bonchev–Trinajstić information content (AvgIpc) is 2.35. The fourth-order valence-corrected chi connectivity index (χ4v) is 1.90. The molecule has 0 N–H and O–H groups in total. The number of hydrogen-bond donors (Lipinski definition) is 0. The molecule has 0 bridgehead atoms. The molecule has 0 amide bonds. The van der Waals surface area contributed by atoms with Crippen LogP contribution in [0.4, 0.5) is 17.3 Å². The number of halogens is 5. The van der Waals surface area contributed by atoms with Crippen LogP contribution in [0.5, 0.6) is 5.75 Å². The molecule has 0 spiro atoms. The van der Waals surface area contributed by atoms with Crippen molar-refractivity contribution >= 4 is 24.0 Å². The molecule has 106 valence electrons. The molecule has 0 fully saturated rings. The molecule has 2 rings (SSSR count). The van der Waals surface area contributed by atoms with Gasteiger partial charge in [0.25, 0.3) is 0 Å². The zero-order valence-corrected chi connectivity index (χ0v) is 10.9. The van der Waals surface area contributed by atoms with E-state index in [0.29, 0.717) is 16.7 Å². The fourth-order valence-electron chi connectivity index (χ4n) is 1.69. The molecule has 0 aromatic heterocycles. The average molecular weight is 303 g/mol. The van der Waals surface area contributed by atoms with Gasteiger partial charge in [0.15, 0.2) is 0 Å². The fraction of sp³-hybridized carbons (Fsp3) is 0.0769. The number of benzene rings is 2. The van der Waals surface area contributed by atoms with Crippen molar-refractivity contribution in [2.75, 3.05) is 0 Å². The van der Waals surface area contributed by atoms with Crippen LogP contribution in [0.3, 0.4) is 0 Å². The maximum absolute atomic E-state index is 13.1. The van der Waals surface area contributed by atoms with Crippen LogP contribution in [0.15, 0.2) is 42.5 Å². The summed E-state index contributed by atoms with van der Waals surface area (Å²) in [5.41, 5.74) is -0.351. The topological polar surface area (TPSA) is 9.23 Å². The van der Waals surface area contributed by atoms with E-state index in [2.05, 4.69) is 0 Å². The molecule has 0 atom stereocenters. The lowest BCUT2D eigenvalue weighted by atomic mass is 9.79. The van der Waals surface area contributed by atoms with Gasteiger partial charge in [0.1, 0.15) is 12.4 Å². The second-order valence-electron chi connectivity index (χ2n) is 4.18. The molecule has 0 saturated carbocycles. The molecule has 0 saturated heterocycles. The molecule has 0 aliphatic carbocycles. The Morgan fingerprint density at radius 2 is 1.80 bits per heavy atom. The van der Waals surface area contributed by atoms with E-state index in [1.165, 1.54) is 0 Å². The lowest BCUT2D eigenvalue weighted by Gasteiger charge is -2.20. The normalized spacial score (nSPS) is 11.4. The van der Waals surface area contributed by atoms with Crippen LogP contribution in [0.1, 0.15) is 5.56 Å². The van der Waals surface area contributed by atoms with E-state index in [-0.39, 0.29) is 6.61 Å². The van der Waals surface area contributed by atoms with E-state index in [0.717, 1.165) is 12.1 Å². The van der Waals surface area contributed by atoms with Gasteiger partial charge in [0, 0.05) is 11.1 Å². The van der Waals surface area contributed by atoms with Gasteiger partial charge >= 0.3 is 6.98 Å². The van der Waals surface area contributed by atoms with Crippen LogP contribution < -0.4 is 10.2 Å². The highest BCUT2D eigenvalue weighted by Gasteiger charge is 2.29. The van der Waals surface area contributed by atoms with Crippen LogP contribution in [0.2, 0.25) is 5.02 Å². The minimum absolute atomic E-state index is 0.122. The first-order chi connectivity index (χ1) is 9.36. The second kappa shape index (κ2) is 5.75. The molecule has 0 aliphatic rings. The Morgan fingerprint density at radius 1 is 1.05 bits per heavy atom. The van der Waals surface area contributed by atoms with Gasteiger partial charge < -0.3 is 17.7 Å².